The number of piperidine rings is 1. The Bertz CT molecular complexity index is 403. The molecule has 1 aliphatic heterocycles. The molecular formula is C13H20ClN3O. The Hall–Kier alpha value is -0.840. The maximum absolute atomic E-state index is 9.57. The second-order valence-corrected chi connectivity index (χ2v) is 5.43. The first kappa shape index (κ1) is 13.6. The van der Waals surface area contributed by atoms with Gasteiger partial charge in [-0.05, 0) is 50.9 Å². The summed E-state index contributed by atoms with van der Waals surface area (Å²) in [6.45, 7) is 4.55. The maximum Gasteiger partial charge on any atom is 0.123 e. The standard InChI is InChI=1S/C13H20ClN3O/c1-9(18)10-4-6-17(7-5-10)8-12-11(14)2-3-13(15)16-12/h2-3,9-10,18H,4-8H2,1H3,(H2,15,16). The molecule has 1 unspecified atom stereocenters. The molecule has 0 aromatic carbocycles. The number of rotatable bonds is 3. The first-order valence-electron chi connectivity index (χ1n) is 6.37. The number of nitrogen functional groups attached to an aromatic ring is 1. The number of anilines is 1. The zero-order chi connectivity index (χ0) is 13.1. The molecule has 1 fully saturated rings. The Kier molecular flexibility index (Phi) is 4.43. The Labute approximate surface area is 113 Å². The van der Waals surface area contributed by atoms with Gasteiger partial charge in [-0.15, -0.1) is 0 Å². The lowest BCUT2D eigenvalue weighted by Gasteiger charge is -2.33. The van der Waals surface area contributed by atoms with Crippen molar-refractivity contribution in [2.75, 3.05) is 18.8 Å². The third-order valence-electron chi connectivity index (χ3n) is 3.63. The van der Waals surface area contributed by atoms with Crippen molar-refractivity contribution in [2.45, 2.75) is 32.4 Å². The van der Waals surface area contributed by atoms with E-state index < -0.39 is 0 Å². The lowest BCUT2D eigenvalue weighted by atomic mass is 9.92. The van der Waals surface area contributed by atoms with Gasteiger partial charge in [0.2, 0.25) is 0 Å². The molecule has 3 N–H and O–H groups in total. The third-order valence-corrected chi connectivity index (χ3v) is 3.97. The number of aliphatic hydroxyl groups is 1. The molecule has 1 aromatic rings. The molecule has 1 saturated heterocycles. The molecule has 0 amide bonds. The molecule has 0 saturated carbocycles. The van der Waals surface area contributed by atoms with Gasteiger partial charge in [-0.1, -0.05) is 11.6 Å². The molecule has 100 valence electrons. The third kappa shape index (κ3) is 3.34. The van der Waals surface area contributed by atoms with Crippen molar-refractivity contribution in [1.82, 2.24) is 9.88 Å². The van der Waals surface area contributed by atoms with Gasteiger partial charge in [0, 0.05) is 6.54 Å². The van der Waals surface area contributed by atoms with E-state index in [0.717, 1.165) is 38.2 Å². The topological polar surface area (TPSA) is 62.4 Å². The normalized spacial score (nSPS) is 19.9. The summed E-state index contributed by atoms with van der Waals surface area (Å²) in [4.78, 5) is 6.59. The molecule has 18 heavy (non-hydrogen) atoms. The second kappa shape index (κ2) is 5.87. The minimum Gasteiger partial charge on any atom is -0.393 e. The van der Waals surface area contributed by atoms with Crippen molar-refractivity contribution in [2.24, 2.45) is 5.92 Å². The largest absolute Gasteiger partial charge is 0.393 e. The van der Waals surface area contributed by atoms with E-state index in [1.165, 1.54) is 0 Å². The van der Waals surface area contributed by atoms with Crippen molar-refractivity contribution >= 4 is 17.4 Å². The van der Waals surface area contributed by atoms with E-state index in [2.05, 4.69) is 9.88 Å². The monoisotopic (exact) mass is 269 g/mol. The molecule has 2 rings (SSSR count). The zero-order valence-electron chi connectivity index (χ0n) is 10.6. The number of aliphatic hydroxyl groups excluding tert-OH is 1. The minimum atomic E-state index is -0.207. The van der Waals surface area contributed by atoms with Crippen LogP contribution in [-0.2, 0) is 6.54 Å². The molecule has 1 aliphatic rings. The first-order chi connectivity index (χ1) is 8.56. The van der Waals surface area contributed by atoms with Crippen LogP contribution in [0.4, 0.5) is 5.82 Å². The Balaban J connectivity index is 1.93. The van der Waals surface area contributed by atoms with E-state index in [1.54, 1.807) is 12.1 Å². The maximum atomic E-state index is 9.57. The smallest absolute Gasteiger partial charge is 0.123 e. The van der Waals surface area contributed by atoms with Crippen LogP contribution in [0.15, 0.2) is 12.1 Å². The number of hydrogen-bond acceptors (Lipinski definition) is 4. The van der Waals surface area contributed by atoms with E-state index in [4.69, 9.17) is 17.3 Å². The van der Waals surface area contributed by atoms with Crippen LogP contribution in [0.5, 0.6) is 0 Å². The fraction of sp³-hybridized carbons (Fsp3) is 0.615. The van der Waals surface area contributed by atoms with Gasteiger partial charge >= 0.3 is 0 Å². The van der Waals surface area contributed by atoms with Crippen LogP contribution in [0.3, 0.4) is 0 Å². The van der Waals surface area contributed by atoms with E-state index in [1.807, 2.05) is 6.92 Å². The summed E-state index contributed by atoms with van der Waals surface area (Å²) in [5.41, 5.74) is 6.51. The molecule has 4 nitrogen and oxygen atoms in total. The van der Waals surface area contributed by atoms with Crippen molar-refractivity contribution in [1.29, 1.82) is 0 Å². The van der Waals surface area contributed by atoms with Crippen molar-refractivity contribution in [3.63, 3.8) is 0 Å². The quantitative estimate of drug-likeness (QED) is 0.880. The average Bonchev–Trinajstić information content (AvgIpc) is 2.34. The van der Waals surface area contributed by atoms with E-state index in [0.29, 0.717) is 16.8 Å². The minimum absolute atomic E-state index is 0.207. The summed E-state index contributed by atoms with van der Waals surface area (Å²) in [5, 5.41) is 10.2. The number of halogens is 1. The first-order valence-corrected chi connectivity index (χ1v) is 6.75. The highest BCUT2D eigenvalue weighted by atomic mass is 35.5. The second-order valence-electron chi connectivity index (χ2n) is 5.02. The summed E-state index contributed by atoms with van der Waals surface area (Å²) in [5.74, 6) is 0.929. The van der Waals surface area contributed by atoms with E-state index in [9.17, 15) is 5.11 Å². The number of nitrogens with two attached hydrogens (primary N) is 1. The van der Waals surface area contributed by atoms with Gasteiger partial charge in [0.1, 0.15) is 5.82 Å². The summed E-state index contributed by atoms with van der Waals surface area (Å²) < 4.78 is 0. The van der Waals surface area contributed by atoms with Crippen LogP contribution in [-0.4, -0.2) is 34.2 Å². The van der Waals surface area contributed by atoms with Gasteiger partial charge in [-0.3, -0.25) is 4.90 Å². The number of likely N-dealkylation sites (tertiary alicyclic amines) is 1. The van der Waals surface area contributed by atoms with Crippen molar-refractivity contribution < 1.29 is 5.11 Å². The highest BCUT2D eigenvalue weighted by Gasteiger charge is 2.23. The summed E-state index contributed by atoms with van der Waals surface area (Å²) in [7, 11) is 0. The Morgan fingerprint density at radius 2 is 2.17 bits per heavy atom. The Morgan fingerprint density at radius 1 is 1.50 bits per heavy atom. The Morgan fingerprint density at radius 3 is 2.78 bits per heavy atom. The predicted molar refractivity (Wildman–Crippen MR) is 73.3 cm³/mol. The van der Waals surface area contributed by atoms with Crippen LogP contribution in [0, 0.1) is 5.92 Å². The SMILES string of the molecule is CC(O)C1CCN(Cc2nc(N)ccc2Cl)CC1. The highest BCUT2D eigenvalue weighted by molar-refractivity contribution is 6.31. The van der Waals surface area contributed by atoms with Crippen LogP contribution < -0.4 is 5.73 Å². The molecule has 0 radical (unpaired) electrons. The zero-order valence-corrected chi connectivity index (χ0v) is 11.4. The van der Waals surface area contributed by atoms with Crippen molar-refractivity contribution in [3.05, 3.63) is 22.8 Å². The van der Waals surface area contributed by atoms with Gasteiger partial charge in [0.05, 0.1) is 16.8 Å². The fourth-order valence-corrected chi connectivity index (χ4v) is 2.58. The van der Waals surface area contributed by atoms with Crippen LogP contribution >= 0.6 is 11.6 Å². The molecule has 5 heteroatoms. The van der Waals surface area contributed by atoms with Gasteiger partial charge < -0.3 is 10.8 Å². The summed E-state index contributed by atoms with van der Waals surface area (Å²) >= 11 is 6.11. The number of nitrogens with zero attached hydrogens (tertiary/aromatic N) is 2. The molecule has 2 heterocycles. The average molecular weight is 270 g/mol. The number of hydrogen-bond donors (Lipinski definition) is 2. The van der Waals surface area contributed by atoms with Gasteiger partial charge in [0.15, 0.2) is 0 Å². The van der Waals surface area contributed by atoms with Crippen LogP contribution in [0.2, 0.25) is 5.02 Å². The van der Waals surface area contributed by atoms with E-state index >= 15 is 0 Å². The van der Waals surface area contributed by atoms with Gasteiger partial charge in [-0.25, -0.2) is 4.98 Å². The molecular weight excluding hydrogens is 250 g/mol. The molecule has 0 aliphatic carbocycles. The van der Waals surface area contributed by atoms with Gasteiger partial charge in [0.25, 0.3) is 0 Å². The molecule has 0 bridgehead atoms. The predicted octanol–water partition coefficient (Wildman–Crippen LogP) is 1.91. The molecule has 1 atom stereocenters. The lowest BCUT2D eigenvalue weighted by Crippen LogP contribution is -2.36. The fourth-order valence-electron chi connectivity index (χ4n) is 2.42. The van der Waals surface area contributed by atoms with Gasteiger partial charge in [-0.2, -0.15) is 0 Å². The van der Waals surface area contributed by atoms with Crippen LogP contribution in [0.25, 0.3) is 0 Å². The number of aromatic nitrogens is 1. The molecule has 0 spiro atoms. The van der Waals surface area contributed by atoms with E-state index in [-0.39, 0.29) is 6.10 Å². The molecule has 1 aromatic heterocycles. The summed E-state index contributed by atoms with van der Waals surface area (Å²) in [6, 6.07) is 3.51. The van der Waals surface area contributed by atoms with Crippen LogP contribution in [0.1, 0.15) is 25.5 Å². The highest BCUT2D eigenvalue weighted by Crippen LogP contribution is 2.23. The van der Waals surface area contributed by atoms with Crippen molar-refractivity contribution in [3.8, 4) is 0 Å². The number of pyridine rings is 1. The summed E-state index contributed by atoms with van der Waals surface area (Å²) in [6.07, 6.45) is 1.84. The lowest BCUT2D eigenvalue weighted by molar-refractivity contribution is 0.0692.